The Bertz CT molecular complexity index is 1290. The van der Waals surface area contributed by atoms with Crippen LogP contribution in [0.15, 0.2) is 77.2 Å². The average molecular weight is 458 g/mol. The molecule has 1 aliphatic rings. The minimum absolute atomic E-state index is 0.0855. The summed E-state index contributed by atoms with van der Waals surface area (Å²) < 4.78 is 0. The van der Waals surface area contributed by atoms with Gasteiger partial charge in [-0.05, 0) is 61.2 Å². The summed E-state index contributed by atoms with van der Waals surface area (Å²) in [5.74, 6) is 0. The summed E-state index contributed by atoms with van der Waals surface area (Å²) in [6.45, 7) is 6.38. The van der Waals surface area contributed by atoms with Crippen LogP contribution in [0.4, 0.5) is 5.13 Å². The summed E-state index contributed by atoms with van der Waals surface area (Å²) in [4.78, 5) is 4.98. The third-order valence-corrected chi connectivity index (χ3v) is 7.12. The van der Waals surface area contributed by atoms with E-state index in [4.69, 9.17) is 21.7 Å². The quantitative estimate of drug-likeness (QED) is 0.313. The fourth-order valence-corrected chi connectivity index (χ4v) is 4.91. The first-order valence-electron chi connectivity index (χ1n) is 10.7. The van der Waals surface area contributed by atoms with Gasteiger partial charge in [-0.3, -0.25) is 0 Å². The Morgan fingerprint density at radius 1 is 0.875 bits per heavy atom. The van der Waals surface area contributed by atoms with E-state index in [1.807, 2.05) is 12.1 Å². The smallest absolute Gasteiger partial charge is 0.207 e. The highest BCUT2D eigenvalue weighted by Crippen LogP contribution is 2.39. The number of aromatic nitrogens is 1. The van der Waals surface area contributed by atoms with Crippen molar-refractivity contribution in [2.45, 2.75) is 33.2 Å². The van der Waals surface area contributed by atoms with Crippen LogP contribution in [0.2, 0.25) is 5.02 Å². The number of thiazole rings is 1. The van der Waals surface area contributed by atoms with Crippen LogP contribution in [0, 0.1) is 20.8 Å². The number of hydrogen-bond donors (Lipinski definition) is 0. The predicted octanol–water partition coefficient (Wildman–Crippen LogP) is 7.74. The third kappa shape index (κ3) is 4.08. The van der Waals surface area contributed by atoms with Crippen molar-refractivity contribution in [3.63, 3.8) is 0 Å². The molecule has 5 rings (SSSR count). The Morgan fingerprint density at radius 3 is 2.31 bits per heavy atom. The number of anilines is 1. The minimum Gasteiger partial charge on any atom is -0.231 e. The monoisotopic (exact) mass is 457 g/mol. The molecule has 1 aliphatic heterocycles. The second kappa shape index (κ2) is 8.53. The van der Waals surface area contributed by atoms with E-state index in [9.17, 15) is 0 Å². The van der Waals surface area contributed by atoms with Crippen molar-refractivity contribution >= 4 is 33.8 Å². The van der Waals surface area contributed by atoms with Gasteiger partial charge in [0.25, 0.3) is 0 Å². The summed E-state index contributed by atoms with van der Waals surface area (Å²) in [5.41, 5.74) is 9.36. The molecule has 0 aliphatic carbocycles. The molecular formula is C27H24ClN3S. The van der Waals surface area contributed by atoms with Crippen LogP contribution in [-0.4, -0.2) is 10.7 Å². The van der Waals surface area contributed by atoms with Gasteiger partial charge >= 0.3 is 0 Å². The number of benzene rings is 3. The molecular weight excluding hydrogens is 434 g/mol. The highest BCUT2D eigenvalue weighted by Gasteiger charge is 2.31. The van der Waals surface area contributed by atoms with Gasteiger partial charge in [0.1, 0.15) is 0 Å². The van der Waals surface area contributed by atoms with Gasteiger partial charge in [0.05, 0.1) is 17.4 Å². The normalized spacial score (nSPS) is 15.8. The standard InChI is InChI=1S/C27H24ClN3S/c1-17-4-7-20(8-5-17)24-15-26(21-10-12-23(28)13-11-21)31(30-24)27-29-25(16-32-27)22-9-6-18(2)19(3)14-22/h4-14,16,26H,15H2,1-3H3. The lowest BCUT2D eigenvalue weighted by Gasteiger charge is -2.21. The van der Waals surface area contributed by atoms with E-state index in [2.05, 4.69) is 85.8 Å². The highest BCUT2D eigenvalue weighted by molar-refractivity contribution is 7.14. The highest BCUT2D eigenvalue weighted by atomic mass is 35.5. The first-order valence-corrected chi connectivity index (χ1v) is 12.0. The van der Waals surface area contributed by atoms with Crippen LogP contribution in [0.1, 0.15) is 40.3 Å². The largest absolute Gasteiger partial charge is 0.231 e. The molecule has 0 radical (unpaired) electrons. The summed E-state index contributed by atoms with van der Waals surface area (Å²) in [6, 6.07) is 23.2. The van der Waals surface area contributed by atoms with Crippen molar-refractivity contribution in [2.24, 2.45) is 5.10 Å². The van der Waals surface area contributed by atoms with Crippen LogP contribution in [-0.2, 0) is 0 Å². The maximum atomic E-state index is 6.15. The molecule has 4 aromatic rings. The van der Waals surface area contributed by atoms with Crippen LogP contribution >= 0.6 is 22.9 Å². The first kappa shape index (κ1) is 20.9. The molecule has 0 amide bonds. The number of nitrogens with zero attached hydrogens (tertiary/aromatic N) is 3. The lowest BCUT2D eigenvalue weighted by atomic mass is 9.98. The molecule has 0 fully saturated rings. The number of aryl methyl sites for hydroxylation is 3. The van der Waals surface area contributed by atoms with E-state index in [-0.39, 0.29) is 6.04 Å². The van der Waals surface area contributed by atoms with Crippen molar-refractivity contribution < 1.29 is 0 Å². The fraction of sp³-hybridized carbons (Fsp3) is 0.185. The summed E-state index contributed by atoms with van der Waals surface area (Å²) in [7, 11) is 0. The van der Waals surface area contributed by atoms with E-state index in [1.54, 1.807) is 11.3 Å². The Labute approximate surface area is 198 Å². The van der Waals surface area contributed by atoms with Crippen molar-refractivity contribution in [2.75, 3.05) is 5.01 Å². The molecule has 32 heavy (non-hydrogen) atoms. The van der Waals surface area contributed by atoms with Crippen LogP contribution in [0.3, 0.4) is 0 Å². The van der Waals surface area contributed by atoms with E-state index < -0.39 is 0 Å². The average Bonchev–Trinajstić information content (AvgIpc) is 3.44. The predicted molar refractivity (Wildman–Crippen MR) is 136 cm³/mol. The molecule has 0 saturated heterocycles. The maximum Gasteiger partial charge on any atom is 0.207 e. The lowest BCUT2D eigenvalue weighted by Crippen LogP contribution is -2.18. The summed E-state index contributed by atoms with van der Waals surface area (Å²) in [6.07, 6.45) is 0.823. The minimum atomic E-state index is 0.0855. The van der Waals surface area contributed by atoms with E-state index in [0.29, 0.717) is 0 Å². The van der Waals surface area contributed by atoms with Gasteiger partial charge in [-0.25, -0.2) is 9.99 Å². The molecule has 0 spiro atoms. The first-order chi connectivity index (χ1) is 15.5. The Hall–Kier alpha value is -2.95. The van der Waals surface area contributed by atoms with Crippen molar-refractivity contribution in [1.29, 1.82) is 0 Å². The number of hydrogen-bond acceptors (Lipinski definition) is 4. The Kier molecular flexibility index (Phi) is 5.58. The molecule has 5 heteroatoms. The van der Waals surface area contributed by atoms with Gasteiger partial charge in [-0.1, -0.05) is 65.7 Å². The molecule has 3 nitrogen and oxygen atoms in total. The fourth-order valence-electron chi connectivity index (χ4n) is 3.95. The Morgan fingerprint density at radius 2 is 1.59 bits per heavy atom. The second-order valence-electron chi connectivity index (χ2n) is 8.34. The third-order valence-electron chi connectivity index (χ3n) is 6.04. The van der Waals surface area contributed by atoms with Crippen LogP contribution in [0.25, 0.3) is 11.3 Å². The zero-order valence-electron chi connectivity index (χ0n) is 18.3. The Balaban J connectivity index is 1.53. The van der Waals surface area contributed by atoms with Gasteiger partial charge in [-0.2, -0.15) is 5.10 Å². The molecule has 1 atom stereocenters. The molecule has 160 valence electrons. The number of rotatable bonds is 4. The van der Waals surface area contributed by atoms with Crippen molar-refractivity contribution in [3.8, 4) is 11.3 Å². The zero-order chi connectivity index (χ0) is 22.2. The van der Waals surface area contributed by atoms with Crippen molar-refractivity contribution in [1.82, 2.24) is 4.98 Å². The van der Waals surface area contributed by atoms with Crippen LogP contribution < -0.4 is 5.01 Å². The lowest BCUT2D eigenvalue weighted by molar-refractivity contribution is 0.706. The van der Waals surface area contributed by atoms with Gasteiger partial charge in [0.15, 0.2) is 0 Å². The van der Waals surface area contributed by atoms with Gasteiger partial charge in [0, 0.05) is 22.4 Å². The molecule has 3 aromatic carbocycles. The van der Waals surface area contributed by atoms with E-state index >= 15 is 0 Å². The topological polar surface area (TPSA) is 28.5 Å². The molecule has 0 saturated carbocycles. The number of hydrazone groups is 1. The number of halogens is 1. The van der Waals surface area contributed by atoms with Gasteiger partial charge in [0.2, 0.25) is 5.13 Å². The zero-order valence-corrected chi connectivity index (χ0v) is 19.9. The van der Waals surface area contributed by atoms with E-state index in [1.165, 1.54) is 22.3 Å². The molecule has 0 N–H and O–H groups in total. The van der Waals surface area contributed by atoms with Crippen molar-refractivity contribution in [3.05, 3.63) is 105 Å². The van der Waals surface area contributed by atoms with Crippen LogP contribution in [0.5, 0.6) is 0 Å². The second-order valence-corrected chi connectivity index (χ2v) is 9.62. The molecule has 1 aromatic heterocycles. The molecule has 1 unspecified atom stereocenters. The SMILES string of the molecule is Cc1ccc(C2=NN(c3nc(-c4ccc(C)c(C)c4)cs3)C(c3ccc(Cl)cc3)C2)cc1. The maximum absolute atomic E-state index is 6.15. The van der Waals surface area contributed by atoms with Gasteiger partial charge < -0.3 is 0 Å². The molecule has 0 bridgehead atoms. The van der Waals surface area contributed by atoms with E-state index in [0.717, 1.165) is 39.1 Å². The summed E-state index contributed by atoms with van der Waals surface area (Å²) >= 11 is 7.79. The van der Waals surface area contributed by atoms with Gasteiger partial charge in [-0.15, -0.1) is 11.3 Å². The molecule has 2 heterocycles. The summed E-state index contributed by atoms with van der Waals surface area (Å²) in [5, 5.41) is 10.9.